The van der Waals surface area contributed by atoms with Crippen molar-refractivity contribution in [3.05, 3.63) is 31.2 Å². The van der Waals surface area contributed by atoms with Gasteiger partial charge in [0.1, 0.15) is 0 Å². The SMILES string of the molecule is C=CC[C](C=C)CCCCC. The Balaban J connectivity index is 3.35. The highest BCUT2D eigenvalue weighted by Gasteiger charge is 2.00. The van der Waals surface area contributed by atoms with E-state index in [4.69, 9.17) is 0 Å². The van der Waals surface area contributed by atoms with E-state index in [1.165, 1.54) is 31.6 Å². The van der Waals surface area contributed by atoms with Crippen LogP contribution in [-0.4, -0.2) is 0 Å². The third-order valence-corrected chi connectivity index (χ3v) is 1.80. The Bertz CT molecular complexity index is 103. The molecule has 0 fully saturated rings. The quantitative estimate of drug-likeness (QED) is 0.382. The monoisotopic (exact) mass is 151 g/mol. The zero-order valence-corrected chi connectivity index (χ0v) is 7.60. The molecule has 0 aromatic rings. The number of hydrogen-bond acceptors (Lipinski definition) is 0. The predicted octanol–water partition coefficient (Wildman–Crippen LogP) is 3.90. The van der Waals surface area contributed by atoms with Crippen LogP contribution in [0, 0.1) is 5.92 Å². The molecule has 0 spiro atoms. The number of unbranched alkanes of at least 4 members (excludes halogenated alkanes) is 2. The summed E-state index contributed by atoms with van der Waals surface area (Å²) >= 11 is 0. The van der Waals surface area contributed by atoms with Crippen molar-refractivity contribution in [2.24, 2.45) is 0 Å². The molecule has 0 aliphatic carbocycles. The highest BCUT2D eigenvalue weighted by molar-refractivity contribution is 5.09. The molecule has 0 atom stereocenters. The molecule has 11 heavy (non-hydrogen) atoms. The molecule has 0 heterocycles. The molecule has 0 aromatic heterocycles. The summed E-state index contributed by atoms with van der Waals surface area (Å²) in [6.45, 7) is 9.70. The fraction of sp³-hybridized carbons (Fsp3) is 0.545. The summed E-state index contributed by atoms with van der Waals surface area (Å²) in [5, 5.41) is 0. The van der Waals surface area contributed by atoms with Gasteiger partial charge in [0.25, 0.3) is 0 Å². The topological polar surface area (TPSA) is 0 Å². The van der Waals surface area contributed by atoms with Crippen LogP contribution in [0.25, 0.3) is 0 Å². The van der Waals surface area contributed by atoms with Crippen molar-refractivity contribution in [3.8, 4) is 0 Å². The van der Waals surface area contributed by atoms with Crippen LogP contribution < -0.4 is 0 Å². The van der Waals surface area contributed by atoms with Gasteiger partial charge in [0.05, 0.1) is 0 Å². The van der Waals surface area contributed by atoms with Gasteiger partial charge < -0.3 is 0 Å². The Morgan fingerprint density at radius 2 is 2.00 bits per heavy atom. The fourth-order valence-corrected chi connectivity index (χ4v) is 1.07. The molecular formula is C11H19. The maximum atomic E-state index is 3.77. The largest absolute Gasteiger partial charge is 0.103 e. The molecule has 0 aliphatic heterocycles. The smallest absolute Gasteiger partial charge is 0.000719 e. The molecule has 0 saturated heterocycles. The number of hydrogen-bond donors (Lipinski definition) is 0. The summed E-state index contributed by atoms with van der Waals surface area (Å²) in [6, 6.07) is 0. The van der Waals surface area contributed by atoms with Crippen LogP contribution in [0.5, 0.6) is 0 Å². The minimum atomic E-state index is 1.01. The lowest BCUT2D eigenvalue weighted by Gasteiger charge is -2.07. The van der Waals surface area contributed by atoms with Gasteiger partial charge >= 0.3 is 0 Å². The minimum absolute atomic E-state index is 1.01. The molecule has 0 unspecified atom stereocenters. The molecule has 0 amide bonds. The van der Waals surface area contributed by atoms with Crippen LogP contribution in [0.1, 0.15) is 39.0 Å². The highest BCUT2D eigenvalue weighted by Crippen LogP contribution is 2.16. The molecule has 0 bridgehead atoms. The van der Waals surface area contributed by atoms with Gasteiger partial charge in [-0.25, -0.2) is 0 Å². The summed E-state index contributed by atoms with van der Waals surface area (Å²) in [7, 11) is 0. The third kappa shape index (κ3) is 5.90. The van der Waals surface area contributed by atoms with Gasteiger partial charge in [-0.15, -0.1) is 13.2 Å². The van der Waals surface area contributed by atoms with E-state index in [0.29, 0.717) is 0 Å². The van der Waals surface area contributed by atoms with Crippen molar-refractivity contribution in [2.45, 2.75) is 39.0 Å². The van der Waals surface area contributed by atoms with Crippen molar-refractivity contribution >= 4 is 0 Å². The zero-order chi connectivity index (χ0) is 8.53. The van der Waals surface area contributed by atoms with Gasteiger partial charge in [-0.1, -0.05) is 38.3 Å². The molecule has 0 rings (SSSR count). The third-order valence-electron chi connectivity index (χ3n) is 1.80. The van der Waals surface area contributed by atoms with E-state index in [-0.39, 0.29) is 0 Å². The summed E-state index contributed by atoms with van der Waals surface area (Å²) in [4.78, 5) is 0. The van der Waals surface area contributed by atoms with E-state index < -0.39 is 0 Å². The zero-order valence-electron chi connectivity index (χ0n) is 7.60. The molecule has 0 aromatic carbocycles. The lowest BCUT2D eigenvalue weighted by atomic mass is 9.98. The van der Waals surface area contributed by atoms with Crippen LogP contribution in [0.4, 0.5) is 0 Å². The first-order chi connectivity index (χ1) is 5.35. The highest BCUT2D eigenvalue weighted by atomic mass is 14.0. The lowest BCUT2D eigenvalue weighted by molar-refractivity contribution is 0.679. The van der Waals surface area contributed by atoms with E-state index in [2.05, 4.69) is 20.1 Å². The standard InChI is InChI=1S/C11H19/c1-4-7-8-10-11(6-3)9-5-2/h5-6H,2-4,7-10H2,1H3. The van der Waals surface area contributed by atoms with E-state index in [0.717, 1.165) is 6.42 Å². The molecule has 0 nitrogen and oxygen atoms in total. The molecule has 63 valence electrons. The van der Waals surface area contributed by atoms with Crippen LogP contribution in [0.3, 0.4) is 0 Å². The van der Waals surface area contributed by atoms with Crippen molar-refractivity contribution in [1.82, 2.24) is 0 Å². The predicted molar refractivity (Wildman–Crippen MR) is 52.4 cm³/mol. The second kappa shape index (κ2) is 7.59. The van der Waals surface area contributed by atoms with Gasteiger partial charge in [0.2, 0.25) is 0 Å². The molecular weight excluding hydrogens is 132 g/mol. The van der Waals surface area contributed by atoms with Crippen molar-refractivity contribution in [2.75, 3.05) is 0 Å². The molecule has 0 saturated carbocycles. The van der Waals surface area contributed by atoms with E-state index >= 15 is 0 Å². The summed E-state index contributed by atoms with van der Waals surface area (Å²) < 4.78 is 0. The Hall–Kier alpha value is -0.520. The Morgan fingerprint density at radius 3 is 2.45 bits per heavy atom. The van der Waals surface area contributed by atoms with E-state index in [1.807, 2.05) is 12.2 Å². The second-order valence-corrected chi connectivity index (χ2v) is 2.81. The van der Waals surface area contributed by atoms with Gasteiger partial charge in [0.15, 0.2) is 0 Å². The first kappa shape index (κ1) is 10.5. The van der Waals surface area contributed by atoms with E-state index in [1.54, 1.807) is 0 Å². The average Bonchev–Trinajstić information content (AvgIpc) is 2.03. The van der Waals surface area contributed by atoms with Crippen LogP contribution in [-0.2, 0) is 0 Å². The van der Waals surface area contributed by atoms with Crippen LogP contribution >= 0.6 is 0 Å². The number of allylic oxidation sites excluding steroid dienone is 2. The molecule has 1 radical (unpaired) electrons. The fourth-order valence-electron chi connectivity index (χ4n) is 1.07. The summed E-state index contributed by atoms with van der Waals surface area (Å²) in [5.41, 5.74) is 0. The summed E-state index contributed by atoms with van der Waals surface area (Å²) in [5.74, 6) is 1.42. The van der Waals surface area contributed by atoms with Gasteiger partial charge in [-0.2, -0.15) is 0 Å². The van der Waals surface area contributed by atoms with E-state index in [9.17, 15) is 0 Å². The maximum absolute atomic E-state index is 3.77. The maximum Gasteiger partial charge on any atom is 0.000719 e. The van der Waals surface area contributed by atoms with Crippen molar-refractivity contribution < 1.29 is 0 Å². The Labute approximate surface area is 71.0 Å². The molecule has 0 aliphatic rings. The Kier molecular flexibility index (Phi) is 7.23. The van der Waals surface area contributed by atoms with Gasteiger partial charge in [0, 0.05) is 5.92 Å². The lowest BCUT2D eigenvalue weighted by Crippen LogP contribution is -1.90. The van der Waals surface area contributed by atoms with Crippen LogP contribution in [0.2, 0.25) is 0 Å². The summed E-state index contributed by atoms with van der Waals surface area (Å²) in [6.07, 6.45) is 10.0. The molecule has 0 heteroatoms. The second-order valence-electron chi connectivity index (χ2n) is 2.81. The van der Waals surface area contributed by atoms with Crippen molar-refractivity contribution in [3.63, 3.8) is 0 Å². The van der Waals surface area contributed by atoms with Gasteiger partial charge in [-0.3, -0.25) is 0 Å². The minimum Gasteiger partial charge on any atom is -0.103 e. The van der Waals surface area contributed by atoms with Gasteiger partial charge in [-0.05, 0) is 12.8 Å². The number of rotatable bonds is 7. The van der Waals surface area contributed by atoms with Crippen LogP contribution in [0.15, 0.2) is 25.3 Å². The average molecular weight is 151 g/mol. The first-order valence-electron chi connectivity index (χ1n) is 4.43. The van der Waals surface area contributed by atoms with Crippen molar-refractivity contribution in [1.29, 1.82) is 0 Å². The normalized spacial score (nSPS) is 10.0. The Morgan fingerprint density at radius 1 is 1.27 bits per heavy atom. The first-order valence-corrected chi connectivity index (χ1v) is 4.43. The molecule has 0 N–H and O–H groups in total.